The van der Waals surface area contributed by atoms with Crippen molar-refractivity contribution in [2.24, 2.45) is 7.05 Å². The molecule has 5 rings (SSSR count). The minimum Gasteiger partial charge on any atom is -0.490 e. The number of methoxy groups -OCH3 is 2. The summed E-state index contributed by atoms with van der Waals surface area (Å²) >= 11 is 0. The summed E-state index contributed by atoms with van der Waals surface area (Å²) in [5.74, 6) is 1.82. The van der Waals surface area contributed by atoms with Gasteiger partial charge in [-0.05, 0) is 25.3 Å². The number of ether oxygens (including phenoxy) is 3. The first-order chi connectivity index (χ1) is 18.2. The van der Waals surface area contributed by atoms with Crippen molar-refractivity contribution in [2.75, 3.05) is 14.2 Å². The third-order valence-electron chi connectivity index (χ3n) is 6.26. The zero-order valence-corrected chi connectivity index (χ0v) is 21.2. The zero-order chi connectivity index (χ0) is 27.0. The zero-order valence-electron chi connectivity index (χ0n) is 21.2. The van der Waals surface area contributed by atoms with Crippen LogP contribution in [0.4, 0.5) is 13.2 Å². The minimum absolute atomic E-state index is 0.213. The van der Waals surface area contributed by atoms with E-state index in [0.717, 1.165) is 30.3 Å². The Balaban J connectivity index is 1.42. The second-order valence-electron chi connectivity index (χ2n) is 8.93. The number of rotatable bonds is 8. The van der Waals surface area contributed by atoms with Gasteiger partial charge in [-0.2, -0.15) is 18.2 Å². The summed E-state index contributed by atoms with van der Waals surface area (Å²) in [4.78, 5) is 21.5. The van der Waals surface area contributed by atoms with Crippen LogP contribution in [0.25, 0.3) is 22.8 Å². The van der Waals surface area contributed by atoms with Crippen molar-refractivity contribution in [1.29, 1.82) is 0 Å². The molecule has 0 radical (unpaired) electrons. The predicted molar refractivity (Wildman–Crippen MR) is 131 cm³/mol. The molecule has 3 heterocycles. The molecule has 3 aromatic heterocycles. The fraction of sp³-hybridized carbons (Fsp3) is 0.346. The molecule has 1 aliphatic carbocycles. The Kier molecular flexibility index (Phi) is 6.64. The Bertz CT molecular complexity index is 1450. The highest BCUT2D eigenvalue weighted by Gasteiger charge is 2.35. The van der Waals surface area contributed by atoms with Gasteiger partial charge in [0.1, 0.15) is 23.8 Å². The van der Waals surface area contributed by atoms with E-state index < -0.39 is 18.0 Å². The highest BCUT2D eigenvalue weighted by molar-refractivity contribution is 5.66. The molecule has 0 bridgehead atoms. The first-order valence-corrected chi connectivity index (χ1v) is 11.9. The molecule has 38 heavy (non-hydrogen) atoms. The van der Waals surface area contributed by atoms with Crippen LogP contribution in [0.15, 0.2) is 43.0 Å². The van der Waals surface area contributed by atoms with E-state index in [1.165, 1.54) is 38.4 Å². The highest BCUT2D eigenvalue weighted by atomic mass is 19.4. The Morgan fingerprint density at radius 2 is 1.71 bits per heavy atom. The van der Waals surface area contributed by atoms with E-state index in [-0.39, 0.29) is 11.7 Å². The van der Waals surface area contributed by atoms with E-state index in [4.69, 9.17) is 14.2 Å². The van der Waals surface area contributed by atoms with Crippen molar-refractivity contribution in [3.05, 3.63) is 59.9 Å². The topological polar surface area (TPSA) is 97.1 Å². The summed E-state index contributed by atoms with van der Waals surface area (Å²) in [7, 11) is 4.55. The van der Waals surface area contributed by atoms with Crippen LogP contribution in [-0.4, -0.2) is 43.7 Å². The average Bonchev–Trinajstić information content (AvgIpc) is 3.68. The Hall–Kier alpha value is -4.22. The van der Waals surface area contributed by atoms with Crippen LogP contribution in [0.5, 0.6) is 17.5 Å². The van der Waals surface area contributed by atoms with Gasteiger partial charge in [-0.1, -0.05) is 24.3 Å². The van der Waals surface area contributed by atoms with Gasteiger partial charge in [0.15, 0.2) is 17.3 Å². The van der Waals surface area contributed by atoms with Crippen LogP contribution in [-0.2, 0) is 13.2 Å². The molecular formula is C26H25F3N6O3. The molecule has 198 valence electrons. The van der Waals surface area contributed by atoms with Gasteiger partial charge in [-0.15, -0.1) is 0 Å². The molecule has 0 amide bonds. The van der Waals surface area contributed by atoms with Crippen molar-refractivity contribution >= 4 is 0 Å². The quantitative estimate of drug-likeness (QED) is 0.302. The van der Waals surface area contributed by atoms with E-state index in [9.17, 15) is 13.2 Å². The van der Waals surface area contributed by atoms with E-state index in [0.29, 0.717) is 34.5 Å². The lowest BCUT2D eigenvalue weighted by Gasteiger charge is -2.18. The monoisotopic (exact) mass is 526 g/mol. The van der Waals surface area contributed by atoms with Crippen LogP contribution >= 0.6 is 0 Å². The summed E-state index contributed by atoms with van der Waals surface area (Å²) in [6.07, 6.45) is 1.03. The average molecular weight is 527 g/mol. The number of imidazole rings is 1. The second-order valence-corrected chi connectivity index (χ2v) is 8.93. The summed E-state index contributed by atoms with van der Waals surface area (Å²) in [6, 6.07) is 6.95. The maximum atomic E-state index is 13.1. The molecule has 0 saturated heterocycles. The summed E-state index contributed by atoms with van der Waals surface area (Å²) in [5.41, 5.74) is 1.84. The largest absolute Gasteiger partial charge is 0.490 e. The minimum atomic E-state index is -4.51. The lowest BCUT2D eigenvalue weighted by atomic mass is 10.1. The molecular weight excluding hydrogens is 501 g/mol. The number of alkyl halides is 3. The van der Waals surface area contributed by atoms with Gasteiger partial charge in [0, 0.05) is 24.7 Å². The number of aryl methyl sites for hydroxylation is 1. The lowest BCUT2D eigenvalue weighted by molar-refractivity contribution is -0.140. The molecule has 0 aliphatic heterocycles. The molecule has 1 aliphatic rings. The van der Waals surface area contributed by atoms with E-state index in [2.05, 4.69) is 24.9 Å². The van der Waals surface area contributed by atoms with Gasteiger partial charge in [0.25, 0.3) is 5.88 Å². The Morgan fingerprint density at radius 3 is 2.32 bits per heavy atom. The van der Waals surface area contributed by atoms with Crippen LogP contribution in [0.3, 0.4) is 0 Å². The Labute approximate surface area is 216 Å². The predicted octanol–water partition coefficient (Wildman–Crippen LogP) is 5.39. The smallest absolute Gasteiger partial charge is 0.434 e. The molecule has 9 nitrogen and oxygen atoms in total. The van der Waals surface area contributed by atoms with Crippen molar-refractivity contribution in [1.82, 2.24) is 29.5 Å². The summed E-state index contributed by atoms with van der Waals surface area (Å²) < 4.78 is 57.6. The maximum absolute atomic E-state index is 13.1. The molecule has 4 aromatic rings. The third kappa shape index (κ3) is 4.98. The summed E-state index contributed by atoms with van der Waals surface area (Å²) in [6.45, 7) is 1.83. The van der Waals surface area contributed by atoms with Crippen LogP contribution < -0.4 is 14.2 Å². The number of benzene rings is 1. The van der Waals surface area contributed by atoms with Gasteiger partial charge in [0.05, 0.1) is 26.1 Å². The number of hydrogen-bond acceptors (Lipinski definition) is 8. The van der Waals surface area contributed by atoms with Crippen molar-refractivity contribution < 1.29 is 27.4 Å². The van der Waals surface area contributed by atoms with Gasteiger partial charge in [0.2, 0.25) is 5.88 Å². The van der Waals surface area contributed by atoms with Gasteiger partial charge >= 0.3 is 6.18 Å². The van der Waals surface area contributed by atoms with Crippen LogP contribution in [0.1, 0.15) is 48.7 Å². The maximum Gasteiger partial charge on any atom is 0.434 e. The van der Waals surface area contributed by atoms with Gasteiger partial charge in [-0.25, -0.2) is 19.9 Å². The number of halogens is 3. The SMILES string of the molecule is COc1cnc(-c2c(OC)ncnc2C2CC2)nc1O[C@H](C)c1ccc(-c2nc(C(F)(F)F)cn2C)cc1. The van der Waals surface area contributed by atoms with Gasteiger partial charge in [-0.3, -0.25) is 0 Å². The van der Waals surface area contributed by atoms with E-state index >= 15 is 0 Å². The first kappa shape index (κ1) is 25.4. The second kappa shape index (κ2) is 9.92. The number of nitrogens with zero attached hydrogens (tertiary/aromatic N) is 6. The molecule has 1 saturated carbocycles. The number of hydrogen-bond donors (Lipinski definition) is 0. The van der Waals surface area contributed by atoms with E-state index in [1.807, 2.05) is 6.92 Å². The molecule has 0 spiro atoms. The molecule has 0 unspecified atom stereocenters. The molecule has 1 atom stereocenters. The number of aromatic nitrogens is 6. The van der Waals surface area contributed by atoms with Crippen LogP contribution in [0, 0.1) is 0 Å². The van der Waals surface area contributed by atoms with Crippen molar-refractivity contribution in [2.45, 2.75) is 38.0 Å². The highest BCUT2D eigenvalue weighted by Crippen LogP contribution is 2.45. The van der Waals surface area contributed by atoms with E-state index in [1.54, 1.807) is 24.3 Å². The summed E-state index contributed by atoms with van der Waals surface area (Å²) in [5, 5.41) is 0. The van der Waals surface area contributed by atoms with Crippen molar-refractivity contribution in [3.63, 3.8) is 0 Å². The van der Waals surface area contributed by atoms with Gasteiger partial charge < -0.3 is 18.8 Å². The third-order valence-corrected chi connectivity index (χ3v) is 6.26. The fourth-order valence-corrected chi connectivity index (χ4v) is 4.12. The Morgan fingerprint density at radius 1 is 0.974 bits per heavy atom. The molecule has 1 aromatic carbocycles. The molecule has 1 fully saturated rings. The van der Waals surface area contributed by atoms with Crippen LogP contribution in [0.2, 0.25) is 0 Å². The first-order valence-electron chi connectivity index (χ1n) is 11.9. The lowest BCUT2D eigenvalue weighted by Crippen LogP contribution is -2.08. The standard InChI is InChI=1S/C26H25F3N6O3/c1-14(15-5-9-17(10-6-15)23-33-19(12-35(23)2)26(27,28)29)38-24-18(36-3)11-30-22(34-24)20-21(16-7-8-16)31-13-32-25(20)37-4/h5-6,9-14,16H,7-8H2,1-4H3/t14-/m1/s1. The normalized spacial score (nSPS) is 14.3. The molecule has 12 heteroatoms. The fourth-order valence-electron chi connectivity index (χ4n) is 4.12. The molecule has 0 N–H and O–H groups in total. The van der Waals surface area contributed by atoms with Crippen molar-refractivity contribution in [3.8, 4) is 40.3 Å².